The molecule has 0 radical (unpaired) electrons. The predicted octanol–water partition coefficient (Wildman–Crippen LogP) is 12.4. The maximum absolute atomic E-state index is 11.4. The quantitative estimate of drug-likeness (QED) is 0.172. The number of para-hydroxylation sites is 1. The Bertz CT molecular complexity index is 2300. The van der Waals surface area contributed by atoms with Gasteiger partial charge in [-0.25, -0.2) is 4.79 Å². The molecule has 0 amide bonds. The zero-order valence-electron chi connectivity index (χ0n) is 26.1. The fourth-order valence-electron chi connectivity index (χ4n) is 6.10. The second-order valence-electron chi connectivity index (χ2n) is 11.7. The van der Waals surface area contributed by atoms with Gasteiger partial charge in [-0.2, -0.15) is 0 Å². The molecule has 0 unspecified atom stereocenters. The summed E-state index contributed by atoms with van der Waals surface area (Å²) in [6.07, 6.45) is 1.78. The van der Waals surface area contributed by atoms with E-state index in [1.807, 2.05) is 34.0 Å². The van der Waals surface area contributed by atoms with Crippen LogP contribution in [0.1, 0.15) is 41.0 Å². The molecule has 0 saturated carbocycles. The van der Waals surface area contributed by atoms with E-state index in [1.165, 1.54) is 78.2 Å². The Balaban J connectivity index is 1.22. The molecule has 7 rings (SSSR count). The molecule has 1 N–H and O–H groups in total. The Morgan fingerprint density at radius 2 is 1.22 bits per heavy atom. The Labute approximate surface area is 279 Å². The molecule has 0 atom stereocenters. The molecule has 0 spiro atoms. The van der Waals surface area contributed by atoms with Gasteiger partial charge in [-0.3, -0.25) is 0 Å². The fourth-order valence-corrected chi connectivity index (χ4v) is 11.3. The van der Waals surface area contributed by atoms with Crippen LogP contribution in [-0.4, -0.2) is 15.6 Å². The second kappa shape index (κ2) is 11.6. The third kappa shape index (κ3) is 5.22. The number of nitrogens with zero attached hydrogens (tertiary/aromatic N) is 1. The molecule has 0 bridgehead atoms. The average molecular weight is 664 g/mol. The van der Waals surface area contributed by atoms with Gasteiger partial charge in [-0.1, -0.05) is 24.3 Å². The van der Waals surface area contributed by atoms with Gasteiger partial charge >= 0.3 is 5.97 Å². The van der Waals surface area contributed by atoms with Crippen LogP contribution in [0.2, 0.25) is 0 Å². The molecular weight excluding hydrogens is 631 g/mol. The van der Waals surface area contributed by atoms with Crippen molar-refractivity contribution in [3.8, 4) is 39.7 Å². The number of aromatic nitrogens is 1. The molecule has 2 aromatic carbocycles. The maximum atomic E-state index is 11.4. The number of benzene rings is 2. The predicted molar refractivity (Wildman–Crippen MR) is 199 cm³/mol. The van der Waals surface area contributed by atoms with Gasteiger partial charge in [-0.05, 0) is 118 Å². The van der Waals surface area contributed by atoms with E-state index in [9.17, 15) is 9.90 Å². The van der Waals surface area contributed by atoms with Crippen LogP contribution in [-0.2, 0) is 11.3 Å². The van der Waals surface area contributed by atoms with Crippen LogP contribution in [0.25, 0.3) is 67.6 Å². The minimum Gasteiger partial charge on any atom is -0.478 e. The lowest BCUT2D eigenvalue weighted by Gasteiger charge is -2.03. The van der Waals surface area contributed by atoms with Crippen LogP contribution in [0.4, 0.5) is 0 Å². The Hall–Kier alpha value is -3.75. The minimum absolute atomic E-state index is 0.355. The number of rotatable bonds is 7. The van der Waals surface area contributed by atoms with Crippen LogP contribution >= 0.6 is 45.3 Å². The molecule has 5 heterocycles. The topological polar surface area (TPSA) is 42.2 Å². The third-order valence-electron chi connectivity index (χ3n) is 8.44. The number of hydrogen-bond acceptors (Lipinski definition) is 5. The molecule has 7 heteroatoms. The lowest BCUT2D eigenvalue weighted by Crippen LogP contribution is -1.94. The number of aryl methyl sites for hydroxylation is 5. The van der Waals surface area contributed by atoms with Crippen molar-refractivity contribution in [3.63, 3.8) is 0 Å². The largest absolute Gasteiger partial charge is 0.478 e. The molecule has 3 nitrogen and oxygen atoms in total. The molecule has 5 aromatic heterocycles. The van der Waals surface area contributed by atoms with E-state index in [-0.39, 0.29) is 0 Å². The van der Waals surface area contributed by atoms with Crippen LogP contribution in [0.3, 0.4) is 0 Å². The SMILES string of the molecule is CCn1c2ccccc2c2cc(-c3cc(C)c(-c4cc(C)c(-c5cc(C)c(-c6cc(C)c(C=C(C)C(=O)O)s6)s5)s4)s3)ccc21. The summed E-state index contributed by atoms with van der Waals surface area (Å²) in [6.45, 7) is 13.5. The van der Waals surface area contributed by atoms with Gasteiger partial charge in [0.15, 0.2) is 0 Å². The summed E-state index contributed by atoms with van der Waals surface area (Å²) < 4.78 is 2.41. The highest BCUT2D eigenvalue weighted by atomic mass is 32.1. The van der Waals surface area contributed by atoms with E-state index < -0.39 is 5.97 Å². The number of thiophene rings is 4. The van der Waals surface area contributed by atoms with Crippen molar-refractivity contribution in [2.45, 2.75) is 48.1 Å². The zero-order valence-corrected chi connectivity index (χ0v) is 29.3. The van der Waals surface area contributed by atoms with E-state index in [4.69, 9.17) is 0 Å². The monoisotopic (exact) mass is 663 g/mol. The van der Waals surface area contributed by atoms with Crippen LogP contribution in [0.5, 0.6) is 0 Å². The average Bonchev–Trinajstić information content (AvgIpc) is 3.83. The second-order valence-corrected chi connectivity index (χ2v) is 15.9. The number of carboxylic acids is 1. The van der Waals surface area contributed by atoms with E-state index in [0.717, 1.165) is 17.0 Å². The number of carbonyl (C=O) groups is 1. The number of hydrogen-bond donors (Lipinski definition) is 1. The minimum atomic E-state index is -0.877. The fraction of sp³-hybridized carbons (Fsp3) is 0.184. The smallest absolute Gasteiger partial charge is 0.331 e. The maximum Gasteiger partial charge on any atom is 0.331 e. The van der Waals surface area contributed by atoms with Crippen molar-refractivity contribution in [1.29, 1.82) is 0 Å². The van der Waals surface area contributed by atoms with Crippen molar-refractivity contribution in [3.05, 3.63) is 99.4 Å². The van der Waals surface area contributed by atoms with E-state index in [1.54, 1.807) is 24.3 Å². The Morgan fingerprint density at radius 1 is 0.689 bits per heavy atom. The lowest BCUT2D eigenvalue weighted by atomic mass is 10.1. The van der Waals surface area contributed by atoms with Gasteiger partial charge in [-0.15, -0.1) is 45.3 Å². The summed E-state index contributed by atoms with van der Waals surface area (Å²) in [5.41, 5.74) is 9.19. The van der Waals surface area contributed by atoms with E-state index in [0.29, 0.717) is 5.57 Å². The number of carboxylic acid groups (broad SMARTS) is 1. The van der Waals surface area contributed by atoms with Gasteiger partial charge < -0.3 is 9.67 Å². The highest BCUT2D eigenvalue weighted by Crippen LogP contribution is 2.48. The molecule has 45 heavy (non-hydrogen) atoms. The molecular formula is C38H33NO2S4. The standard InChI is InChI=1S/C38H33NO2S4/c1-7-39-28-11-9-8-10-26(28)27-19-25(12-13-29(27)39)31-15-21(3)36(43-31)33-17-23(5)37(45-33)34-16-22(4)35(44-34)32-14-20(2)30(42-32)18-24(6)38(40)41/h8-19H,7H2,1-6H3,(H,40,41). The summed E-state index contributed by atoms with van der Waals surface area (Å²) in [6, 6.07) is 24.9. The third-order valence-corrected chi connectivity index (χ3v) is 13.9. The Kier molecular flexibility index (Phi) is 7.69. The first-order valence-corrected chi connectivity index (χ1v) is 18.2. The number of aliphatic carboxylic acids is 1. The number of fused-ring (bicyclic) bond motifs is 3. The van der Waals surface area contributed by atoms with Crippen molar-refractivity contribution in [2.24, 2.45) is 0 Å². The summed E-state index contributed by atoms with van der Waals surface area (Å²) in [4.78, 5) is 21.4. The van der Waals surface area contributed by atoms with Gasteiger partial charge in [0.25, 0.3) is 0 Å². The van der Waals surface area contributed by atoms with Gasteiger partial charge in [0, 0.05) is 72.9 Å². The molecule has 7 aromatic rings. The normalized spacial score (nSPS) is 12.2. The summed E-state index contributed by atoms with van der Waals surface area (Å²) in [5.74, 6) is -0.877. The van der Waals surface area contributed by atoms with Crippen LogP contribution in [0, 0.1) is 27.7 Å². The highest BCUT2D eigenvalue weighted by molar-refractivity contribution is 7.29. The molecule has 0 aliphatic carbocycles. The van der Waals surface area contributed by atoms with E-state index in [2.05, 4.69) is 106 Å². The summed E-state index contributed by atoms with van der Waals surface area (Å²) >= 11 is 7.27. The van der Waals surface area contributed by atoms with Crippen molar-refractivity contribution < 1.29 is 9.90 Å². The molecule has 0 fully saturated rings. The van der Waals surface area contributed by atoms with Crippen LogP contribution < -0.4 is 0 Å². The molecule has 0 aliphatic heterocycles. The first-order valence-electron chi connectivity index (χ1n) is 15.0. The molecule has 226 valence electrons. The van der Waals surface area contributed by atoms with Crippen molar-refractivity contribution >= 4 is 79.2 Å². The summed E-state index contributed by atoms with van der Waals surface area (Å²) in [5, 5.41) is 12.0. The lowest BCUT2D eigenvalue weighted by molar-refractivity contribution is -0.132. The molecule has 0 saturated heterocycles. The highest BCUT2D eigenvalue weighted by Gasteiger charge is 2.19. The first kappa shape index (κ1) is 29.9. The van der Waals surface area contributed by atoms with Crippen molar-refractivity contribution in [2.75, 3.05) is 0 Å². The van der Waals surface area contributed by atoms with Crippen LogP contribution in [0.15, 0.2) is 72.3 Å². The first-order chi connectivity index (χ1) is 21.6. The zero-order chi connectivity index (χ0) is 31.6. The van der Waals surface area contributed by atoms with Gasteiger partial charge in [0.1, 0.15) is 0 Å². The van der Waals surface area contributed by atoms with Gasteiger partial charge in [0.05, 0.1) is 0 Å². The van der Waals surface area contributed by atoms with E-state index >= 15 is 0 Å². The summed E-state index contributed by atoms with van der Waals surface area (Å²) in [7, 11) is 0. The van der Waals surface area contributed by atoms with Crippen molar-refractivity contribution in [1.82, 2.24) is 4.57 Å². The van der Waals surface area contributed by atoms with Gasteiger partial charge in [0.2, 0.25) is 0 Å². The molecule has 0 aliphatic rings. The Morgan fingerprint density at radius 3 is 1.84 bits per heavy atom.